The van der Waals surface area contributed by atoms with Crippen LogP contribution in [0.4, 0.5) is 18.0 Å². The number of thioether (sulfide) groups is 1. The number of amides is 2. The maximum Gasteiger partial charge on any atom is 0.416 e. The lowest BCUT2D eigenvalue weighted by Gasteiger charge is -2.14. The van der Waals surface area contributed by atoms with Gasteiger partial charge in [0, 0.05) is 17.1 Å². The molecule has 1 aromatic heterocycles. The zero-order valence-electron chi connectivity index (χ0n) is 18.5. The average molecular weight is 481 g/mol. The van der Waals surface area contributed by atoms with Gasteiger partial charge in [0.05, 0.1) is 16.6 Å². The minimum absolute atomic E-state index is 0.126. The van der Waals surface area contributed by atoms with Gasteiger partial charge in [-0.05, 0) is 74.9 Å². The first-order chi connectivity index (χ1) is 15.4. The molecule has 6 nitrogen and oxygen atoms in total. The van der Waals surface area contributed by atoms with E-state index in [4.69, 9.17) is 4.74 Å². The Kier molecular flexibility index (Phi) is 7.06. The summed E-state index contributed by atoms with van der Waals surface area (Å²) in [6, 6.07) is 6.68. The molecule has 0 saturated carbocycles. The van der Waals surface area contributed by atoms with Crippen molar-refractivity contribution in [1.29, 1.82) is 0 Å². The average Bonchev–Trinajstić information content (AvgIpc) is 3.16. The quantitative estimate of drug-likeness (QED) is 0.404. The Labute approximate surface area is 193 Å². The van der Waals surface area contributed by atoms with Gasteiger partial charge in [0.15, 0.2) is 0 Å². The van der Waals surface area contributed by atoms with E-state index in [2.05, 4.69) is 0 Å². The van der Waals surface area contributed by atoms with Gasteiger partial charge in [0.25, 0.3) is 11.1 Å². The number of carbonyl (C=O) groups is 3. The molecule has 1 aliphatic heterocycles. The third kappa shape index (κ3) is 5.32. The van der Waals surface area contributed by atoms with Gasteiger partial charge in [0.1, 0.15) is 6.54 Å². The van der Waals surface area contributed by atoms with Gasteiger partial charge in [-0.15, -0.1) is 0 Å². The summed E-state index contributed by atoms with van der Waals surface area (Å²) in [5.74, 6) is -1.29. The van der Waals surface area contributed by atoms with E-state index in [1.54, 1.807) is 37.5 Å². The normalized spacial score (nSPS) is 16.6. The number of carbonyl (C=O) groups excluding carboxylic acids is 3. The lowest BCUT2D eigenvalue weighted by atomic mass is 10.2. The Balaban J connectivity index is 1.87. The zero-order chi connectivity index (χ0) is 24.5. The molecule has 176 valence electrons. The van der Waals surface area contributed by atoms with Gasteiger partial charge in [-0.25, -0.2) is 0 Å². The van der Waals surface area contributed by atoms with Crippen molar-refractivity contribution in [1.82, 2.24) is 9.47 Å². The van der Waals surface area contributed by atoms with Crippen molar-refractivity contribution >= 4 is 35.0 Å². The Morgan fingerprint density at radius 2 is 1.91 bits per heavy atom. The third-order valence-corrected chi connectivity index (χ3v) is 6.16. The highest BCUT2D eigenvalue weighted by molar-refractivity contribution is 8.18. The second-order valence-corrected chi connectivity index (χ2v) is 8.68. The first-order valence-corrected chi connectivity index (χ1v) is 11.1. The van der Waals surface area contributed by atoms with Crippen molar-refractivity contribution < 1.29 is 32.3 Å². The van der Waals surface area contributed by atoms with Crippen LogP contribution in [0.15, 0.2) is 35.2 Å². The molecular weight excluding hydrogens is 457 g/mol. The number of hydrogen-bond donors (Lipinski definition) is 0. The molecule has 0 spiro atoms. The number of imide groups is 1. The highest BCUT2D eigenvalue weighted by Gasteiger charge is 2.37. The van der Waals surface area contributed by atoms with Crippen LogP contribution in [0, 0.1) is 13.8 Å². The van der Waals surface area contributed by atoms with Gasteiger partial charge in [-0.2, -0.15) is 13.2 Å². The predicted octanol–water partition coefficient (Wildman–Crippen LogP) is 5.49. The first-order valence-electron chi connectivity index (χ1n) is 10.2. The van der Waals surface area contributed by atoms with Crippen LogP contribution in [-0.4, -0.2) is 39.2 Å². The fourth-order valence-corrected chi connectivity index (χ4v) is 4.23. The lowest BCUT2D eigenvalue weighted by Crippen LogP contribution is -2.35. The van der Waals surface area contributed by atoms with Crippen molar-refractivity contribution in [3.8, 4) is 5.69 Å². The summed E-state index contributed by atoms with van der Waals surface area (Å²) >= 11 is 0.701. The molecule has 33 heavy (non-hydrogen) atoms. The molecule has 0 radical (unpaired) electrons. The summed E-state index contributed by atoms with van der Waals surface area (Å²) in [4.78, 5) is 38.0. The maximum absolute atomic E-state index is 13.1. The van der Waals surface area contributed by atoms with E-state index in [1.807, 2.05) is 6.92 Å². The smallest absolute Gasteiger partial charge is 0.416 e. The molecule has 1 aliphatic rings. The summed E-state index contributed by atoms with van der Waals surface area (Å²) in [7, 11) is 0. The molecule has 0 unspecified atom stereocenters. The van der Waals surface area contributed by atoms with E-state index >= 15 is 0 Å². The Morgan fingerprint density at radius 3 is 2.55 bits per heavy atom. The molecule has 3 rings (SSSR count). The third-order valence-electron chi connectivity index (χ3n) is 5.26. The summed E-state index contributed by atoms with van der Waals surface area (Å²) < 4.78 is 46.2. The minimum atomic E-state index is -4.47. The minimum Gasteiger partial charge on any atom is -0.461 e. The molecule has 2 amide bonds. The second-order valence-electron chi connectivity index (χ2n) is 7.69. The monoisotopic (exact) mass is 480 g/mol. The molecule has 1 atom stereocenters. The number of aromatic nitrogens is 1. The summed E-state index contributed by atoms with van der Waals surface area (Å²) in [5, 5.41) is -0.584. The van der Waals surface area contributed by atoms with Gasteiger partial charge in [-0.3, -0.25) is 19.3 Å². The van der Waals surface area contributed by atoms with Crippen molar-refractivity contribution in [2.75, 3.05) is 6.54 Å². The van der Waals surface area contributed by atoms with E-state index in [0.717, 1.165) is 17.0 Å². The summed E-state index contributed by atoms with van der Waals surface area (Å²) in [5.41, 5.74) is 1.42. The number of ether oxygens (including phenoxy) is 1. The van der Waals surface area contributed by atoms with Crippen LogP contribution < -0.4 is 0 Å². The lowest BCUT2D eigenvalue weighted by molar-refractivity contribution is -0.150. The van der Waals surface area contributed by atoms with Crippen molar-refractivity contribution in [3.05, 3.63) is 57.8 Å². The first kappa shape index (κ1) is 24.6. The van der Waals surface area contributed by atoms with E-state index in [1.165, 1.54) is 12.1 Å². The number of nitrogens with zero attached hydrogens (tertiary/aromatic N) is 2. The van der Waals surface area contributed by atoms with E-state index < -0.39 is 35.4 Å². The standard InChI is InChI=1S/C23H23F3N2O4S/c1-5-14(3)32-20(29)12-27-21(30)19(33-22(27)31)10-16-9-13(2)28(15(16)4)18-8-6-7-17(11-18)23(24,25)26/h6-11,14H,5,12H2,1-4H3/b19-10-/t14-/m0/s1. The van der Waals surface area contributed by atoms with Crippen LogP contribution in [-0.2, 0) is 20.5 Å². The van der Waals surface area contributed by atoms with E-state index in [0.29, 0.717) is 40.8 Å². The van der Waals surface area contributed by atoms with Gasteiger partial charge >= 0.3 is 12.1 Å². The molecule has 1 aromatic carbocycles. The van der Waals surface area contributed by atoms with E-state index in [-0.39, 0.29) is 11.0 Å². The molecule has 1 fully saturated rings. The fourth-order valence-electron chi connectivity index (χ4n) is 3.40. The molecule has 0 aliphatic carbocycles. The number of esters is 1. The molecule has 1 saturated heterocycles. The molecule has 2 heterocycles. The Morgan fingerprint density at radius 1 is 1.21 bits per heavy atom. The summed E-state index contributed by atoms with van der Waals surface area (Å²) in [6.45, 7) is 6.53. The number of hydrogen-bond acceptors (Lipinski definition) is 5. The summed E-state index contributed by atoms with van der Waals surface area (Å²) in [6.07, 6.45) is -2.68. The molecule has 0 bridgehead atoms. The van der Waals surface area contributed by atoms with Gasteiger partial charge in [0.2, 0.25) is 0 Å². The largest absolute Gasteiger partial charge is 0.461 e. The van der Waals surface area contributed by atoms with Crippen molar-refractivity contribution in [2.24, 2.45) is 0 Å². The zero-order valence-corrected chi connectivity index (χ0v) is 19.3. The fraction of sp³-hybridized carbons (Fsp3) is 0.348. The Hall–Kier alpha value is -3.01. The van der Waals surface area contributed by atoms with Crippen LogP contribution in [0.5, 0.6) is 0 Å². The van der Waals surface area contributed by atoms with E-state index in [9.17, 15) is 27.6 Å². The maximum atomic E-state index is 13.1. The van der Waals surface area contributed by atoms with Crippen molar-refractivity contribution in [2.45, 2.75) is 46.4 Å². The highest BCUT2D eigenvalue weighted by Crippen LogP contribution is 2.35. The van der Waals surface area contributed by atoms with Crippen LogP contribution in [0.3, 0.4) is 0 Å². The topological polar surface area (TPSA) is 68.6 Å². The number of rotatable bonds is 6. The molecule has 10 heteroatoms. The van der Waals surface area contributed by atoms with Gasteiger partial charge in [-0.1, -0.05) is 13.0 Å². The van der Waals surface area contributed by atoms with Crippen LogP contribution >= 0.6 is 11.8 Å². The SMILES string of the molecule is CC[C@H](C)OC(=O)CN1C(=O)S/C(=C\c2cc(C)n(-c3cccc(C(F)(F)F)c3)c2C)C1=O. The number of halogens is 3. The second kappa shape index (κ2) is 9.46. The van der Waals surface area contributed by atoms with Crippen LogP contribution in [0.25, 0.3) is 11.8 Å². The predicted molar refractivity (Wildman–Crippen MR) is 119 cm³/mol. The molecular formula is C23H23F3N2O4S. The molecule has 0 N–H and O–H groups in total. The highest BCUT2D eigenvalue weighted by atomic mass is 32.2. The molecule has 2 aromatic rings. The Bertz CT molecular complexity index is 1140. The number of alkyl halides is 3. The number of aryl methyl sites for hydroxylation is 1. The van der Waals surface area contributed by atoms with Crippen molar-refractivity contribution in [3.63, 3.8) is 0 Å². The number of benzene rings is 1. The van der Waals surface area contributed by atoms with Crippen LogP contribution in [0.1, 0.15) is 42.8 Å². The van der Waals surface area contributed by atoms with Gasteiger partial charge < -0.3 is 9.30 Å². The van der Waals surface area contributed by atoms with Crippen LogP contribution in [0.2, 0.25) is 0 Å².